The lowest BCUT2D eigenvalue weighted by molar-refractivity contribution is 0.0765. The number of fused-ring (bicyclic) bond motifs is 1. The number of piperidine rings is 1. The fourth-order valence-corrected chi connectivity index (χ4v) is 4.10. The van der Waals surface area contributed by atoms with Crippen molar-refractivity contribution in [2.24, 2.45) is 10.7 Å². The number of urea groups is 1. The Kier molecular flexibility index (Phi) is 2.08. The lowest BCUT2D eigenvalue weighted by Crippen LogP contribution is -2.61. The summed E-state index contributed by atoms with van der Waals surface area (Å²) >= 11 is 0. The van der Waals surface area contributed by atoms with Gasteiger partial charge in [0, 0.05) is 18.6 Å². The Labute approximate surface area is 107 Å². The van der Waals surface area contributed by atoms with Crippen LogP contribution in [-0.4, -0.2) is 52.4 Å². The third-order valence-electron chi connectivity index (χ3n) is 5.16. The maximum Gasteiger partial charge on any atom is 0.346 e. The standard InChI is InChI=1S/C13H20N4O/c14-11-13(17(9-3-4-9)12(18)15-11)5-7-16-6-1-2-10(16)8-13/h9-10H,1-8H2,(H2,14,15,18). The fraction of sp³-hybridized carbons (Fsp3) is 0.846. The number of hydrogen-bond donors (Lipinski definition) is 1. The molecule has 2 unspecified atom stereocenters. The summed E-state index contributed by atoms with van der Waals surface area (Å²) in [4.78, 5) is 20.7. The van der Waals surface area contributed by atoms with Gasteiger partial charge in [0.2, 0.25) is 0 Å². The van der Waals surface area contributed by atoms with Crippen LogP contribution in [0.1, 0.15) is 38.5 Å². The van der Waals surface area contributed by atoms with Crippen molar-refractivity contribution in [2.75, 3.05) is 13.1 Å². The molecular formula is C13H20N4O. The maximum absolute atomic E-state index is 12.1. The van der Waals surface area contributed by atoms with E-state index in [1.165, 1.54) is 19.4 Å². The third kappa shape index (κ3) is 1.31. The molecule has 1 saturated carbocycles. The molecule has 1 spiro atoms. The van der Waals surface area contributed by atoms with E-state index < -0.39 is 0 Å². The number of rotatable bonds is 1. The van der Waals surface area contributed by atoms with Gasteiger partial charge >= 0.3 is 6.03 Å². The fourth-order valence-electron chi connectivity index (χ4n) is 4.10. The minimum atomic E-state index is -0.232. The van der Waals surface area contributed by atoms with Gasteiger partial charge in [-0.05, 0) is 45.1 Å². The summed E-state index contributed by atoms with van der Waals surface area (Å²) in [5, 5.41) is 0. The Morgan fingerprint density at radius 3 is 2.83 bits per heavy atom. The van der Waals surface area contributed by atoms with E-state index >= 15 is 0 Å². The molecule has 0 aromatic rings. The van der Waals surface area contributed by atoms with E-state index in [0.29, 0.717) is 17.9 Å². The van der Waals surface area contributed by atoms with E-state index in [0.717, 1.165) is 32.2 Å². The van der Waals surface area contributed by atoms with Crippen molar-refractivity contribution >= 4 is 11.9 Å². The van der Waals surface area contributed by atoms with Gasteiger partial charge in [-0.2, -0.15) is 4.99 Å². The van der Waals surface area contributed by atoms with Crippen molar-refractivity contribution in [3.05, 3.63) is 0 Å². The van der Waals surface area contributed by atoms with Crippen molar-refractivity contribution in [3.8, 4) is 0 Å². The maximum atomic E-state index is 12.1. The average Bonchev–Trinajstić information content (AvgIpc) is 3.00. The van der Waals surface area contributed by atoms with Crippen molar-refractivity contribution in [3.63, 3.8) is 0 Å². The van der Waals surface area contributed by atoms with Crippen molar-refractivity contribution in [1.82, 2.24) is 9.80 Å². The highest BCUT2D eigenvalue weighted by Crippen LogP contribution is 2.45. The summed E-state index contributed by atoms with van der Waals surface area (Å²) in [7, 11) is 0. The second-order valence-corrected chi connectivity index (χ2v) is 6.20. The van der Waals surface area contributed by atoms with Crippen molar-refractivity contribution < 1.29 is 4.79 Å². The highest BCUT2D eigenvalue weighted by atomic mass is 16.2. The monoisotopic (exact) mass is 248 g/mol. The van der Waals surface area contributed by atoms with Gasteiger partial charge in [0.05, 0.1) is 0 Å². The first-order chi connectivity index (χ1) is 8.71. The van der Waals surface area contributed by atoms with Crippen LogP contribution in [0.5, 0.6) is 0 Å². The predicted molar refractivity (Wildman–Crippen MR) is 68.4 cm³/mol. The van der Waals surface area contributed by atoms with Gasteiger partial charge in [-0.25, -0.2) is 4.79 Å². The van der Waals surface area contributed by atoms with Crippen LogP contribution in [-0.2, 0) is 0 Å². The molecule has 2 N–H and O–H groups in total. The first kappa shape index (κ1) is 10.8. The molecule has 5 heteroatoms. The van der Waals surface area contributed by atoms with Gasteiger partial charge in [-0.3, -0.25) is 0 Å². The molecule has 1 aliphatic carbocycles. The highest BCUT2D eigenvalue weighted by molar-refractivity contribution is 6.06. The summed E-state index contributed by atoms with van der Waals surface area (Å²) in [5.74, 6) is 0.589. The highest BCUT2D eigenvalue weighted by Gasteiger charge is 2.56. The minimum absolute atomic E-state index is 0.0820. The molecule has 3 aliphatic heterocycles. The molecule has 18 heavy (non-hydrogen) atoms. The van der Waals surface area contributed by atoms with Crippen LogP contribution in [0.2, 0.25) is 0 Å². The second kappa shape index (κ2) is 3.47. The zero-order chi connectivity index (χ0) is 12.3. The first-order valence-corrected chi connectivity index (χ1v) is 7.13. The molecule has 0 aromatic heterocycles. The molecule has 0 bridgehead atoms. The molecule has 0 aromatic carbocycles. The Morgan fingerprint density at radius 2 is 2.06 bits per heavy atom. The summed E-state index contributed by atoms with van der Waals surface area (Å²) in [6, 6.07) is 0.941. The molecule has 5 nitrogen and oxygen atoms in total. The summed E-state index contributed by atoms with van der Waals surface area (Å²) in [6.45, 7) is 2.28. The summed E-state index contributed by atoms with van der Waals surface area (Å²) < 4.78 is 0. The van der Waals surface area contributed by atoms with Gasteiger partial charge < -0.3 is 15.5 Å². The first-order valence-electron chi connectivity index (χ1n) is 7.13. The number of aliphatic imine (C=N–C) groups is 1. The molecule has 98 valence electrons. The van der Waals surface area contributed by atoms with Crippen LogP contribution in [0, 0.1) is 0 Å². The topological polar surface area (TPSA) is 61.9 Å². The molecule has 4 rings (SSSR count). The molecule has 3 heterocycles. The molecular weight excluding hydrogens is 228 g/mol. The molecule has 2 atom stereocenters. The van der Waals surface area contributed by atoms with E-state index in [1.54, 1.807) is 0 Å². The van der Waals surface area contributed by atoms with Gasteiger partial charge in [0.25, 0.3) is 0 Å². The lowest BCUT2D eigenvalue weighted by atomic mass is 9.81. The molecule has 4 aliphatic rings. The lowest BCUT2D eigenvalue weighted by Gasteiger charge is -2.46. The smallest absolute Gasteiger partial charge is 0.346 e. The van der Waals surface area contributed by atoms with E-state index in [9.17, 15) is 4.79 Å². The van der Waals surface area contributed by atoms with Crippen LogP contribution < -0.4 is 5.73 Å². The number of nitrogens with two attached hydrogens (primary N) is 1. The number of nitrogens with zero attached hydrogens (tertiary/aromatic N) is 3. The normalized spacial score (nSPS) is 40.4. The van der Waals surface area contributed by atoms with E-state index in [-0.39, 0.29) is 11.6 Å². The van der Waals surface area contributed by atoms with Gasteiger partial charge in [-0.1, -0.05) is 0 Å². The van der Waals surface area contributed by atoms with Crippen molar-refractivity contribution in [1.29, 1.82) is 0 Å². The van der Waals surface area contributed by atoms with Crippen molar-refractivity contribution in [2.45, 2.75) is 56.1 Å². The Balaban J connectivity index is 1.68. The van der Waals surface area contributed by atoms with Crippen LogP contribution in [0.25, 0.3) is 0 Å². The zero-order valence-electron chi connectivity index (χ0n) is 10.6. The Morgan fingerprint density at radius 1 is 1.22 bits per heavy atom. The van der Waals surface area contributed by atoms with E-state index in [1.807, 2.05) is 4.90 Å². The average molecular weight is 248 g/mol. The second-order valence-electron chi connectivity index (χ2n) is 6.20. The van der Waals surface area contributed by atoms with Crippen LogP contribution >= 0.6 is 0 Å². The zero-order valence-corrected chi connectivity index (χ0v) is 10.6. The number of amidine groups is 1. The molecule has 3 fully saturated rings. The van der Waals surface area contributed by atoms with Crippen LogP contribution in [0.4, 0.5) is 4.79 Å². The van der Waals surface area contributed by atoms with Gasteiger partial charge in [-0.15, -0.1) is 0 Å². The third-order valence-corrected chi connectivity index (χ3v) is 5.16. The van der Waals surface area contributed by atoms with Crippen LogP contribution in [0.3, 0.4) is 0 Å². The Bertz CT molecular complexity index is 431. The summed E-state index contributed by atoms with van der Waals surface area (Å²) in [6.07, 6.45) is 6.78. The minimum Gasteiger partial charge on any atom is -0.385 e. The number of carbonyl (C=O) groups excluding carboxylic acids is 1. The predicted octanol–water partition coefficient (Wildman–Crippen LogP) is 0.939. The van der Waals surface area contributed by atoms with Gasteiger partial charge in [0.1, 0.15) is 11.4 Å². The number of carbonyl (C=O) groups is 1. The number of hydrogen-bond acceptors (Lipinski definition) is 3. The largest absolute Gasteiger partial charge is 0.385 e. The molecule has 0 radical (unpaired) electrons. The Hall–Kier alpha value is -1.10. The van der Waals surface area contributed by atoms with E-state index in [2.05, 4.69) is 9.89 Å². The van der Waals surface area contributed by atoms with Crippen LogP contribution in [0.15, 0.2) is 4.99 Å². The number of amides is 2. The molecule has 2 amide bonds. The molecule has 2 saturated heterocycles. The SMILES string of the molecule is NC1=NC(=O)N(C2CC2)C12CCN1CCCC1C2. The summed E-state index contributed by atoms with van der Waals surface area (Å²) in [5.41, 5.74) is 5.91. The van der Waals surface area contributed by atoms with Gasteiger partial charge in [0.15, 0.2) is 0 Å². The quantitative estimate of drug-likeness (QED) is 0.751. The van der Waals surface area contributed by atoms with E-state index in [4.69, 9.17) is 5.73 Å².